The van der Waals surface area contributed by atoms with Crippen molar-refractivity contribution in [3.05, 3.63) is 42.1 Å². The summed E-state index contributed by atoms with van der Waals surface area (Å²) in [5.41, 5.74) is 4.20. The lowest BCUT2D eigenvalue weighted by Gasteiger charge is -2.12. The third kappa shape index (κ3) is 4.26. The van der Waals surface area contributed by atoms with Gasteiger partial charge in [-0.25, -0.2) is 23.1 Å². The van der Waals surface area contributed by atoms with E-state index < -0.39 is 10.0 Å². The molecule has 12 heteroatoms. The Morgan fingerprint density at radius 2 is 2.15 bits per heavy atom. The summed E-state index contributed by atoms with van der Waals surface area (Å²) in [6, 6.07) is 1.83. The first-order chi connectivity index (χ1) is 15.8. The smallest absolute Gasteiger partial charge is 0.250 e. The number of hydrogen-bond acceptors (Lipinski definition) is 8. The fourth-order valence-corrected chi connectivity index (χ4v) is 6.60. The monoisotopic (exact) mass is 486 g/mol. The van der Waals surface area contributed by atoms with Crippen molar-refractivity contribution in [1.29, 1.82) is 0 Å². The van der Waals surface area contributed by atoms with E-state index in [-0.39, 0.29) is 4.21 Å². The molecule has 1 aliphatic heterocycles. The minimum Gasteiger partial charge on any atom is -0.329 e. The molecule has 3 N–H and O–H groups in total. The molecule has 0 aromatic carbocycles. The van der Waals surface area contributed by atoms with Gasteiger partial charge in [0, 0.05) is 25.0 Å². The van der Waals surface area contributed by atoms with Crippen molar-refractivity contribution in [3.8, 4) is 11.3 Å². The molecular formula is C21H26N8O2S2. The van der Waals surface area contributed by atoms with Crippen LogP contribution in [0.3, 0.4) is 0 Å². The molecule has 0 amide bonds. The van der Waals surface area contributed by atoms with Gasteiger partial charge >= 0.3 is 0 Å². The minimum atomic E-state index is -3.53. The Balaban J connectivity index is 1.58. The van der Waals surface area contributed by atoms with Crippen LogP contribution < -0.4 is 15.4 Å². The summed E-state index contributed by atoms with van der Waals surface area (Å²) in [6.45, 7) is 3.80. The van der Waals surface area contributed by atoms with Crippen LogP contribution in [-0.2, 0) is 23.5 Å². The van der Waals surface area contributed by atoms with E-state index in [9.17, 15) is 8.42 Å². The summed E-state index contributed by atoms with van der Waals surface area (Å²) < 4.78 is 31.1. The molecule has 1 unspecified atom stereocenters. The average Bonchev–Trinajstić information content (AvgIpc) is 3.56. The molecular weight excluding hydrogens is 460 g/mol. The van der Waals surface area contributed by atoms with Gasteiger partial charge in [-0.3, -0.25) is 9.08 Å². The molecule has 1 aliphatic rings. The van der Waals surface area contributed by atoms with Crippen molar-refractivity contribution in [2.75, 3.05) is 25.5 Å². The molecule has 174 valence electrons. The van der Waals surface area contributed by atoms with Gasteiger partial charge in [-0.05, 0) is 57.5 Å². The highest BCUT2D eigenvalue weighted by Crippen LogP contribution is 2.34. The standard InChI is InChI=1S/C21H26N8O2S2/c1-13-6-18(32-21(13)33(30,31)22-2)27-19-20-24-10-17(15-9-25-28(3)11-15)29(20)12-16(26-19)7-14-4-5-23-8-14/h6,9-12,14,22-23H,4-5,7-8H2,1-3H3,(H,26,27). The van der Waals surface area contributed by atoms with Crippen LogP contribution in [0.5, 0.6) is 0 Å². The number of aromatic nitrogens is 5. The van der Waals surface area contributed by atoms with Gasteiger partial charge in [0.15, 0.2) is 11.5 Å². The quantitative estimate of drug-likeness (QED) is 0.367. The van der Waals surface area contributed by atoms with Crippen LogP contribution in [-0.4, -0.2) is 52.7 Å². The summed E-state index contributed by atoms with van der Waals surface area (Å²) >= 11 is 1.18. The Morgan fingerprint density at radius 1 is 1.30 bits per heavy atom. The van der Waals surface area contributed by atoms with E-state index in [1.54, 1.807) is 11.6 Å². The van der Waals surface area contributed by atoms with Gasteiger partial charge in [0.2, 0.25) is 10.0 Å². The van der Waals surface area contributed by atoms with Gasteiger partial charge in [-0.15, -0.1) is 11.3 Å². The van der Waals surface area contributed by atoms with Crippen molar-refractivity contribution < 1.29 is 8.42 Å². The number of sulfonamides is 1. The van der Waals surface area contributed by atoms with Crippen molar-refractivity contribution in [2.45, 2.75) is 24.0 Å². The third-order valence-electron chi connectivity index (χ3n) is 5.83. The van der Waals surface area contributed by atoms with E-state index in [1.807, 2.05) is 42.3 Å². The molecule has 33 heavy (non-hydrogen) atoms. The average molecular weight is 487 g/mol. The molecule has 5 rings (SSSR count). The molecule has 10 nitrogen and oxygen atoms in total. The molecule has 5 heterocycles. The van der Waals surface area contributed by atoms with E-state index in [4.69, 9.17) is 4.98 Å². The van der Waals surface area contributed by atoms with Crippen molar-refractivity contribution in [3.63, 3.8) is 0 Å². The normalized spacial score (nSPS) is 16.6. The van der Waals surface area contributed by atoms with E-state index >= 15 is 0 Å². The molecule has 0 aliphatic carbocycles. The molecule has 1 atom stereocenters. The van der Waals surface area contributed by atoms with Crippen LogP contribution in [0.25, 0.3) is 16.9 Å². The second kappa shape index (κ2) is 8.52. The highest BCUT2D eigenvalue weighted by Gasteiger charge is 2.22. The first-order valence-corrected chi connectivity index (χ1v) is 13.0. The van der Waals surface area contributed by atoms with Crippen LogP contribution >= 0.6 is 11.3 Å². The van der Waals surface area contributed by atoms with Crippen LogP contribution in [0.2, 0.25) is 0 Å². The second-order valence-electron chi connectivity index (χ2n) is 8.30. The predicted molar refractivity (Wildman–Crippen MR) is 128 cm³/mol. The Bertz CT molecular complexity index is 1410. The van der Waals surface area contributed by atoms with Gasteiger partial charge in [-0.2, -0.15) is 5.10 Å². The van der Waals surface area contributed by atoms with Gasteiger partial charge in [0.25, 0.3) is 0 Å². The van der Waals surface area contributed by atoms with E-state index in [0.29, 0.717) is 27.9 Å². The largest absolute Gasteiger partial charge is 0.329 e. The third-order valence-corrected chi connectivity index (χ3v) is 9.03. The fraction of sp³-hybridized carbons (Fsp3) is 0.381. The van der Waals surface area contributed by atoms with E-state index in [1.165, 1.54) is 18.4 Å². The molecule has 0 spiro atoms. The number of anilines is 2. The van der Waals surface area contributed by atoms with Crippen LogP contribution in [0.1, 0.15) is 17.7 Å². The highest BCUT2D eigenvalue weighted by molar-refractivity contribution is 7.91. The summed E-state index contributed by atoms with van der Waals surface area (Å²) in [6.07, 6.45) is 9.61. The number of fused-ring (bicyclic) bond motifs is 1. The van der Waals surface area contributed by atoms with E-state index in [2.05, 4.69) is 25.4 Å². The first-order valence-electron chi connectivity index (χ1n) is 10.7. The van der Waals surface area contributed by atoms with Crippen molar-refractivity contribution in [1.82, 2.24) is 34.2 Å². The Kier molecular flexibility index (Phi) is 5.69. The number of hydrogen-bond donors (Lipinski definition) is 3. The SMILES string of the molecule is CNS(=O)(=O)c1sc(Nc2nc(CC3CCNC3)cn3c(-c4cnn(C)c4)cnc23)cc1C. The molecule has 4 aromatic rings. The molecule has 1 fully saturated rings. The Labute approximate surface area is 196 Å². The lowest BCUT2D eigenvalue weighted by Crippen LogP contribution is -2.17. The van der Waals surface area contributed by atoms with Crippen molar-refractivity contribution in [2.24, 2.45) is 13.0 Å². The number of nitrogens with one attached hydrogen (secondary N) is 3. The van der Waals surface area contributed by atoms with Crippen LogP contribution in [0.15, 0.2) is 35.1 Å². The highest BCUT2D eigenvalue weighted by atomic mass is 32.2. The molecule has 4 aromatic heterocycles. The molecule has 1 saturated heterocycles. The maximum atomic E-state index is 12.3. The van der Waals surface area contributed by atoms with Gasteiger partial charge < -0.3 is 10.6 Å². The predicted octanol–water partition coefficient (Wildman–Crippen LogP) is 2.30. The lowest BCUT2D eigenvalue weighted by atomic mass is 10.0. The maximum absolute atomic E-state index is 12.3. The number of nitrogens with zero attached hydrogens (tertiary/aromatic N) is 5. The van der Waals surface area contributed by atoms with Crippen LogP contribution in [0, 0.1) is 12.8 Å². The minimum absolute atomic E-state index is 0.288. The summed E-state index contributed by atoms with van der Waals surface area (Å²) in [7, 11) is -0.225. The molecule has 0 radical (unpaired) electrons. The molecule has 0 saturated carbocycles. The zero-order valence-electron chi connectivity index (χ0n) is 18.7. The lowest BCUT2D eigenvalue weighted by molar-refractivity contribution is 0.570. The maximum Gasteiger partial charge on any atom is 0.250 e. The number of imidazole rings is 1. The number of aryl methyl sites for hydroxylation is 2. The van der Waals surface area contributed by atoms with Gasteiger partial charge in [0.05, 0.1) is 28.8 Å². The first kappa shape index (κ1) is 22.0. The zero-order chi connectivity index (χ0) is 23.2. The summed E-state index contributed by atoms with van der Waals surface area (Å²) in [5.74, 6) is 1.13. The molecule has 0 bridgehead atoms. The fourth-order valence-electron chi connectivity index (χ4n) is 4.18. The van der Waals surface area contributed by atoms with Crippen molar-refractivity contribution >= 4 is 37.8 Å². The zero-order valence-corrected chi connectivity index (χ0v) is 20.3. The van der Waals surface area contributed by atoms with E-state index in [0.717, 1.165) is 42.9 Å². The van der Waals surface area contributed by atoms with Gasteiger partial charge in [0.1, 0.15) is 4.21 Å². The Morgan fingerprint density at radius 3 is 2.85 bits per heavy atom. The number of rotatable bonds is 7. The summed E-state index contributed by atoms with van der Waals surface area (Å²) in [5, 5.41) is 11.7. The topological polar surface area (TPSA) is 118 Å². The Hall–Kier alpha value is -2.80. The number of thiophene rings is 1. The summed E-state index contributed by atoms with van der Waals surface area (Å²) in [4.78, 5) is 9.52. The second-order valence-corrected chi connectivity index (χ2v) is 11.4. The van der Waals surface area contributed by atoms with Gasteiger partial charge in [-0.1, -0.05) is 0 Å². The van der Waals surface area contributed by atoms with Crippen LogP contribution in [0.4, 0.5) is 10.8 Å².